The number of nitro groups is 1. The van der Waals surface area contributed by atoms with Gasteiger partial charge in [-0.15, -0.1) is 9.73 Å². The molecule has 0 bridgehead atoms. The molecule has 442 valence electrons. The Morgan fingerprint density at radius 2 is 1.18 bits per heavy atom. The third-order valence-corrected chi connectivity index (χ3v) is 14.9. The average Bonchev–Trinajstić information content (AvgIpc) is 3.05. The highest BCUT2D eigenvalue weighted by Gasteiger charge is 2.24. The minimum Gasteiger partial charge on any atom is -0.495 e. The van der Waals surface area contributed by atoms with Crippen LogP contribution in [0.4, 0.5) is 11.4 Å². The van der Waals surface area contributed by atoms with Crippen molar-refractivity contribution >= 4 is 44.3 Å². The van der Waals surface area contributed by atoms with E-state index in [1.54, 1.807) is 38.1 Å². The second kappa shape index (κ2) is 29.2. The highest BCUT2D eigenvalue weighted by atomic mass is 32.2. The van der Waals surface area contributed by atoms with E-state index in [1.807, 2.05) is 68.7 Å². The molecule has 0 spiro atoms. The Labute approximate surface area is 482 Å². The van der Waals surface area contributed by atoms with Crippen molar-refractivity contribution in [2.24, 2.45) is 21.1 Å². The fourth-order valence-corrected chi connectivity index (χ4v) is 10.5. The first-order valence-corrected chi connectivity index (χ1v) is 30.5. The summed E-state index contributed by atoms with van der Waals surface area (Å²) < 4.78 is 46.2. The van der Waals surface area contributed by atoms with Gasteiger partial charge >= 0.3 is 5.97 Å². The number of hydrogen-bond donors (Lipinski definition) is 1. The number of ether oxygens (including phenoxy) is 2. The Balaban J connectivity index is 0.000000179. The lowest BCUT2D eigenvalue weighted by atomic mass is 10.1. The Morgan fingerprint density at radius 1 is 0.622 bits per heavy atom. The van der Waals surface area contributed by atoms with Crippen molar-refractivity contribution in [2.45, 2.75) is 152 Å². The third-order valence-electron chi connectivity index (χ3n) is 14.3. The SMILES string of the molecule is CCCCCCCCCCCCOC(=O)c1c(C)nn2c(CC)nn(C)c12.CCc1c(C)nn2c(-c3ccc(C)cc3)nn(C)c12.CCc1c(C)nn2nc(-c3ccc([N+](=O)[O-])cc3)n(C)c12.CCc1ccc(OC)c(NS(C)(=O)=O)c1. The second-order valence-corrected chi connectivity index (χ2v) is 22.3. The van der Waals surface area contributed by atoms with Crippen LogP contribution in [-0.2, 0) is 61.6 Å². The number of benzene rings is 3. The Kier molecular flexibility index (Phi) is 22.5. The van der Waals surface area contributed by atoms with Crippen LogP contribution in [0, 0.1) is 37.8 Å². The molecule has 0 aliphatic carbocycles. The van der Waals surface area contributed by atoms with Gasteiger partial charge in [-0.25, -0.2) is 22.6 Å². The number of nitro benzene ring substituents is 1. The largest absolute Gasteiger partial charge is 0.495 e. The van der Waals surface area contributed by atoms with Gasteiger partial charge in [0.25, 0.3) is 5.69 Å². The monoisotopic (exact) mass is 1140 g/mol. The number of aromatic nitrogens is 12. The Bertz CT molecular complexity index is 3680. The number of non-ortho nitro benzene ring substituents is 1. The highest BCUT2D eigenvalue weighted by Crippen LogP contribution is 2.28. The smallest absolute Gasteiger partial charge is 0.343 e. The number of nitrogens with one attached hydrogen (secondary N) is 1. The van der Waals surface area contributed by atoms with Crippen LogP contribution in [0.5, 0.6) is 5.75 Å². The molecule has 0 unspecified atom stereocenters. The number of unbranched alkanes of at least 4 members (excludes halogenated alkanes) is 9. The Hall–Kier alpha value is -7.88. The van der Waals surface area contributed by atoms with Gasteiger partial charge in [0.05, 0.1) is 47.7 Å². The number of carbonyl (C=O) groups excluding carboxylic acids is 1. The fourth-order valence-electron chi connectivity index (χ4n) is 9.95. The molecule has 3 aromatic carbocycles. The molecule has 0 saturated carbocycles. The molecule has 9 aromatic rings. The Morgan fingerprint density at radius 3 is 1.76 bits per heavy atom. The summed E-state index contributed by atoms with van der Waals surface area (Å²) >= 11 is 0. The first-order chi connectivity index (χ1) is 39.2. The number of fused-ring (bicyclic) bond motifs is 3. The molecule has 0 fully saturated rings. The van der Waals surface area contributed by atoms with Gasteiger partial charge in [0.15, 0.2) is 34.4 Å². The zero-order valence-electron chi connectivity index (χ0n) is 50.5. The predicted octanol–water partition coefficient (Wildman–Crippen LogP) is 12.1. The van der Waals surface area contributed by atoms with Crippen molar-refractivity contribution in [3.63, 3.8) is 0 Å². The summed E-state index contributed by atoms with van der Waals surface area (Å²) in [5.74, 6) is 2.73. The van der Waals surface area contributed by atoms with Crippen molar-refractivity contribution in [3.05, 3.63) is 128 Å². The molecule has 6 aromatic heterocycles. The van der Waals surface area contributed by atoms with Crippen LogP contribution in [0.3, 0.4) is 0 Å². The van der Waals surface area contributed by atoms with Crippen LogP contribution in [0.2, 0.25) is 0 Å². The number of methoxy groups -OCH3 is 1. The molecule has 0 atom stereocenters. The zero-order chi connectivity index (χ0) is 59.8. The van der Waals surface area contributed by atoms with Crippen molar-refractivity contribution in [1.29, 1.82) is 0 Å². The maximum atomic E-state index is 12.5. The lowest BCUT2D eigenvalue weighted by Crippen LogP contribution is -2.10. The number of rotatable bonds is 22. The number of carbonyl (C=O) groups is 1. The highest BCUT2D eigenvalue weighted by molar-refractivity contribution is 7.92. The molecule has 82 heavy (non-hydrogen) atoms. The minimum atomic E-state index is -3.26. The van der Waals surface area contributed by atoms with Crippen LogP contribution in [0.25, 0.3) is 39.7 Å². The average molecular weight is 1150 g/mol. The molecule has 9 rings (SSSR count). The fraction of sp³-hybridized carbons (Fsp3) is 0.483. The molecule has 0 aliphatic rings. The van der Waals surface area contributed by atoms with Crippen molar-refractivity contribution in [1.82, 2.24) is 58.2 Å². The molecule has 0 radical (unpaired) electrons. The van der Waals surface area contributed by atoms with Crippen molar-refractivity contribution in [3.8, 4) is 28.5 Å². The van der Waals surface area contributed by atoms with E-state index >= 15 is 0 Å². The van der Waals surface area contributed by atoms with Gasteiger partial charge < -0.3 is 14.0 Å². The number of anilines is 1. The molecule has 22 heteroatoms. The molecular weight excluding hydrogens is 1060 g/mol. The van der Waals surface area contributed by atoms with Crippen LogP contribution >= 0.6 is 0 Å². The van der Waals surface area contributed by atoms with Gasteiger partial charge in [-0.1, -0.05) is 128 Å². The molecular formula is C60H84N14O7S. The lowest BCUT2D eigenvalue weighted by Gasteiger charge is -2.10. The summed E-state index contributed by atoms with van der Waals surface area (Å²) in [4.78, 5) is 22.8. The first-order valence-electron chi connectivity index (χ1n) is 28.6. The summed E-state index contributed by atoms with van der Waals surface area (Å²) in [6, 6.07) is 20.2. The maximum Gasteiger partial charge on any atom is 0.343 e. The van der Waals surface area contributed by atoms with Crippen molar-refractivity contribution in [2.75, 3.05) is 24.7 Å². The standard InChI is InChI=1S/C21H36N4O2.C15H18N4.C14H15N5O2.C10H15NO3S/c1-5-7-8-9-10-11-12-13-14-15-16-27-21(26)19-17(3)22-25-18(6-2)23-24(4)20(19)25;1-5-13-11(3)16-19-14(17-18(4)15(13)19)12-8-6-10(2)7-9-12;1-4-12-9(2)15-18-14(12)17(3)13(16-18)10-5-7-11(8-6-10)19(20)21;1-4-8-5-6-10(14-2)9(7-8)11-15(3,12)13/h5-16H2,1-4H3;6-9H,5H2,1-4H3;5-8H,4H2,1-3H3;5-7,11H,4H2,1-3H3. The van der Waals surface area contributed by atoms with Crippen molar-refractivity contribution < 1.29 is 27.6 Å². The normalized spacial score (nSPS) is 11.3. The van der Waals surface area contributed by atoms with Gasteiger partial charge in [0.2, 0.25) is 10.0 Å². The first kappa shape index (κ1) is 63.3. The number of sulfonamides is 1. The van der Waals surface area contributed by atoms with E-state index in [1.165, 1.54) is 81.7 Å². The topological polar surface area (TPSA) is 230 Å². The van der Waals surface area contributed by atoms with E-state index in [0.717, 1.165) is 113 Å². The summed E-state index contributed by atoms with van der Waals surface area (Å²) in [7, 11) is 3.99. The van der Waals surface area contributed by atoms with Crippen LogP contribution < -0.4 is 9.46 Å². The van der Waals surface area contributed by atoms with Gasteiger partial charge in [-0.05, 0) is 83.2 Å². The van der Waals surface area contributed by atoms with E-state index in [9.17, 15) is 23.3 Å². The van der Waals surface area contributed by atoms with E-state index < -0.39 is 14.9 Å². The molecule has 21 nitrogen and oxygen atoms in total. The predicted molar refractivity (Wildman–Crippen MR) is 323 cm³/mol. The van der Waals surface area contributed by atoms with E-state index in [2.05, 4.69) is 94.2 Å². The number of aryl methyl sites for hydroxylation is 11. The number of esters is 1. The van der Waals surface area contributed by atoms with Gasteiger partial charge in [-0.2, -0.15) is 34.5 Å². The van der Waals surface area contributed by atoms with Gasteiger partial charge in [-0.3, -0.25) is 14.8 Å². The van der Waals surface area contributed by atoms with Crippen LogP contribution in [-0.4, -0.2) is 97.5 Å². The molecule has 0 aliphatic heterocycles. The second-order valence-electron chi connectivity index (χ2n) is 20.6. The number of nitrogens with zero attached hydrogens (tertiary/aromatic N) is 13. The zero-order valence-corrected chi connectivity index (χ0v) is 51.4. The summed E-state index contributed by atoms with van der Waals surface area (Å²) in [6.07, 6.45) is 17.3. The quantitative estimate of drug-likeness (QED) is 0.0288. The third kappa shape index (κ3) is 15.6. The molecule has 0 amide bonds. The van der Waals surface area contributed by atoms with Gasteiger partial charge in [0.1, 0.15) is 11.3 Å². The summed E-state index contributed by atoms with van der Waals surface area (Å²) in [5.41, 5.74) is 13.3. The van der Waals surface area contributed by atoms with E-state index in [4.69, 9.17) is 9.47 Å². The van der Waals surface area contributed by atoms with E-state index in [-0.39, 0.29) is 11.7 Å². The molecule has 0 saturated heterocycles. The lowest BCUT2D eigenvalue weighted by molar-refractivity contribution is -0.384. The van der Waals surface area contributed by atoms with E-state index in [0.29, 0.717) is 29.3 Å². The number of hydrogen-bond acceptors (Lipinski definition) is 13. The molecule has 6 heterocycles. The minimum absolute atomic E-state index is 0.0721. The summed E-state index contributed by atoms with van der Waals surface area (Å²) in [5, 5.41) is 37.7. The summed E-state index contributed by atoms with van der Waals surface area (Å²) in [6.45, 7) is 19.0. The van der Waals surface area contributed by atoms with Crippen LogP contribution in [0.15, 0.2) is 66.7 Å². The van der Waals surface area contributed by atoms with Crippen LogP contribution in [0.1, 0.15) is 154 Å². The maximum absolute atomic E-state index is 12.5. The molecule has 1 N–H and O–H groups in total. The van der Waals surface area contributed by atoms with Gasteiger partial charge in [0, 0.05) is 62.0 Å².